The monoisotopic (exact) mass is 280 g/mol. The van der Waals surface area contributed by atoms with E-state index in [1.165, 1.54) is 0 Å². The first-order valence-electron chi connectivity index (χ1n) is 7.21. The zero-order chi connectivity index (χ0) is 15.0. The summed E-state index contributed by atoms with van der Waals surface area (Å²) in [6.45, 7) is 6.10. The van der Waals surface area contributed by atoms with Crippen LogP contribution in [0.25, 0.3) is 16.7 Å². The Morgan fingerprint density at radius 2 is 2.00 bits per heavy atom. The van der Waals surface area contributed by atoms with Crippen LogP contribution in [0.3, 0.4) is 0 Å². The fraction of sp³-hybridized carbons (Fsp3) is 0.294. The SMILES string of the molecule is Cc1ncn(-c2nc3ccccc3cc2CC(C)N)c1C. The standard InChI is InChI=1S/C17H20N4/c1-11(18)8-15-9-14-6-4-5-7-16(14)20-17(15)21-10-19-12(2)13(21)3/h4-7,9-11H,8,18H2,1-3H3. The number of pyridine rings is 1. The van der Waals surface area contributed by atoms with E-state index < -0.39 is 0 Å². The van der Waals surface area contributed by atoms with Gasteiger partial charge in [-0.1, -0.05) is 18.2 Å². The fourth-order valence-corrected chi connectivity index (χ4v) is 2.57. The second-order valence-electron chi connectivity index (χ2n) is 5.63. The number of hydrogen-bond acceptors (Lipinski definition) is 3. The number of para-hydroxylation sites is 1. The largest absolute Gasteiger partial charge is 0.328 e. The first-order chi connectivity index (χ1) is 10.1. The summed E-state index contributed by atoms with van der Waals surface area (Å²) in [6, 6.07) is 10.4. The minimum absolute atomic E-state index is 0.0941. The number of hydrogen-bond donors (Lipinski definition) is 1. The Kier molecular flexibility index (Phi) is 3.47. The van der Waals surface area contributed by atoms with Crippen LogP contribution in [-0.4, -0.2) is 20.6 Å². The molecule has 0 spiro atoms. The van der Waals surface area contributed by atoms with E-state index in [1.807, 2.05) is 38.4 Å². The summed E-state index contributed by atoms with van der Waals surface area (Å²) in [5.74, 6) is 0.934. The maximum Gasteiger partial charge on any atom is 0.142 e. The Morgan fingerprint density at radius 1 is 1.24 bits per heavy atom. The van der Waals surface area contributed by atoms with E-state index in [-0.39, 0.29) is 6.04 Å². The normalized spacial score (nSPS) is 12.8. The number of fused-ring (bicyclic) bond motifs is 1. The molecule has 1 atom stereocenters. The lowest BCUT2D eigenvalue weighted by Crippen LogP contribution is -2.19. The molecule has 0 aliphatic heterocycles. The summed E-state index contributed by atoms with van der Waals surface area (Å²) in [4.78, 5) is 9.22. The average molecular weight is 280 g/mol. The Balaban J connectivity index is 2.25. The van der Waals surface area contributed by atoms with Crippen LogP contribution < -0.4 is 5.73 Å². The zero-order valence-electron chi connectivity index (χ0n) is 12.7. The number of nitrogens with zero attached hydrogens (tertiary/aromatic N) is 3. The van der Waals surface area contributed by atoms with Gasteiger partial charge in [0.15, 0.2) is 0 Å². The third-order valence-electron chi connectivity index (χ3n) is 3.80. The molecule has 0 aliphatic rings. The lowest BCUT2D eigenvalue weighted by atomic mass is 10.1. The van der Waals surface area contributed by atoms with Crippen molar-refractivity contribution in [1.29, 1.82) is 0 Å². The van der Waals surface area contributed by atoms with Crippen molar-refractivity contribution in [1.82, 2.24) is 14.5 Å². The van der Waals surface area contributed by atoms with Gasteiger partial charge in [0.2, 0.25) is 0 Å². The number of imidazole rings is 1. The van der Waals surface area contributed by atoms with Crippen molar-refractivity contribution in [3.8, 4) is 5.82 Å². The Hall–Kier alpha value is -2.20. The number of nitrogens with two attached hydrogens (primary N) is 1. The van der Waals surface area contributed by atoms with E-state index in [0.717, 1.165) is 40.1 Å². The first-order valence-corrected chi connectivity index (χ1v) is 7.21. The van der Waals surface area contributed by atoms with Gasteiger partial charge in [-0.15, -0.1) is 0 Å². The molecule has 0 radical (unpaired) electrons. The highest BCUT2D eigenvalue weighted by molar-refractivity contribution is 5.80. The van der Waals surface area contributed by atoms with E-state index in [0.29, 0.717) is 0 Å². The van der Waals surface area contributed by atoms with Crippen LogP contribution in [0.5, 0.6) is 0 Å². The van der Waals surface area contributed by atoms with E-state index in [9.17, 15) is 0 Å². The van der Waals surface area contributed by atoms with Crippen LogP contribution in [0.2, 0.25) is 0 Å². The Morgan fingerprint density at radius 3 is 2.67 bits per heavy atom. The molecule has 0 bridgehead atoms. The molecule has 0 aliphatic carbocycles. The van der Waals surface area contributed by atoms with Gasteiger partial charge in [-0.05, 0) is 44.9 Å². The quantitative estimate of drug-likeness (QED) is 0.802. The number of aryl methyl sites for hydroxylation is 1. The van der Waals surface area contributed by atoms with Crippen LogP contribution in [0.4, 0.5) is 0 Å². The average Bonchev–Trinajstić information content (AvgIpc) is 2.78. The summed E-state index contributed by atoms with van der Waals surface area (Å²) in [5, 5.41) is 1.14. The van der Waals surface area contributed by atoms with Gasteiger partial charge in [0.05, 0.1) is 11.2 Å². The van der Waals surface area contributed by atoms with Gasteiger partial charge in [0, 0.05) is 17.1 Å². The molecule has 4 heteroatoms. The van der Waals surface area contributed by atoms with E-state index in [2.05, 4.69) is 28.6 Å². The molecule has 2 heterocycles. The molecule has 2 N–H and O–H groups in total. The molecule has 3 aromatic rings. The molecule has 108 valence electrons. The lowest BCUT2D eigenvalue weighted by molar-refractivity contribution is 0.729. The summed E-state index contributed by atoms with van der Waals surface area (Å²) >= 11 is 0. The van der Waals surface area contributed by atoms with E-state index in [4.69, 9.17) is 10.7 Å². The van der Waals surface area contributed by atoms with Crippen molar-refractivity contribution in [2.24, 2.45) is 5.73 Å². The second kappa shape index (κ2) is 5.30. The van der Waals surface area contributed by atoms with Crippen molar-refractivity contribution in [2.45, 2.75) is 33.2 Å². The number of benzene rings is 1. The molecular formula is C17H20N4. The van der Waals surface area contributed by atoms with Gasteiger partial charge in [-0.3, -0.25) is 4.57 Å². The minimum atomic E-state index is 0.0941. The molecular weight excluding hydrogens is 260 g/mol. The summed E-state index contributed by atoms with van der Waals surface area (Å²) in [5.41, 5.74) is 10.3. The number of aromatic nitrogens is 3. The van der Waals surface area contributed by atoms with Crippen molar-refractivity contribution in [2.75, 3.05) is 0 Å². The van der Waals surface area contributed by atoms with Crippen molar-refractivity contribution in [3.63, 3.8) is 0 Å². The van der Waals surface area contributed by atoms with Gasteiger partial charge < -0.3 is 5.73 Å². The molecule has 1 aromatic carbocycles. The van der Waals surface area contributed by atoms with Gasteiger partial charge in [0.25, 0.3) is 0 Å². The third kappa shape index (κ3) is 2.54. The van der Waals surface area contributed by atoms with E-state index >= 15 is 0 Å². The molecule has 0 saturated heterocycles. The topological polar surface area (TPSA) is 56.7 Å². The molecule has 21 heavy (non-hydrogen) atoms. The van der Waals surface area contributed by atoms with Crippen molar-refractivity contribution < 1.29 is 0 Å². The second-order valence-corrected chi connectivity index (χ2v) is 5.63. The van der Waals surface area contributed by atoms with Gasteiger partial charge in [-0.2, -0.15) is 0 Å². The Bertz CT molecular complexity index is 787. The Labute approximate surface area is 124 Å². The predicted molar refractivity (Wildman–Crippen MR) is 85.7 cm³/mol. The molecule has 1 unspecified atom stereocenters. The maximum atomic E-state index is 6.01. The van der Waals surface area contributed by atoms with Gasteiger partial charge in [0.1, 0.15) is 12.1 Å². The zero-order valence-corrected chi connectivity index (χ0v) is 12.7. The van der Waals surface area contributed by atoms with E-state index in [1.54, 1.807) is 0 Å². The number of rotatable bonds is 3. The molecule has 0 saturated carbocycles. The summed E-state index contributed by atoms with van der Waals surface area (Å²) < 4.78 is 2.06. The molecule has 2 aromatic heterocycles. The van der Waals surface area contributed by atoms with Crippen molar-refractivity contribution in [3.05, 3.63) is 53.6 Å². The fourth-order valence-electron chi connectivity index (χ4n) is 2.57. The first kappa shape index (κ1) is 13.8. The summed E-state index contributed by atoms with van der Waals surface area (Å²) in [7, 11) is 0. The highest BCUT2D eigenvalue weighted by Crippen LogP contribution is 2.22. The predicted octanol–water partition coefficient (Wildman–Crippen LogP) is 2.93. The van der Waals surface area contributed by atoms with Crippen LogP contribution in [0, 0.1) is 13.8 Å². The molecule has 4 nitrogen and oxygen atoms in total. The van der Waals surface area contributed by atoms with Crippen LogP contribution in [0.15, 0.2) is 36.7 Å². The van der Waals surface area contributed by atoms with Crippen LogP contribution in [-0.2, 0) is 6.42 Å². The van der Waals surface area contributed by atoms with Gasteiger partial charge in [-0.25, -0.2) is 9.97 Å². The molecule has 0 fully saturated rings. The maximum absolute atomic E-state index is 6.01. The van der Waals surface area contributed by atoms with Crippen LogP contribution >= 0.6 is 0 Å². The third-order valence-corrected chi connectivity index (χ3v) is 3.80. The van der Waals surface area contributed by atoms with Gasteiger partial charge >= 0.3 is 0 Å². The van der Waals surface area contributed by atoms with Crippen molar-refractivity contribution >= 4 is 10.9 Å². The molecule has 3 rings (SSSR count). The lowest BCUT2D eigenvalue weighted by Gasteiger charge is -2.14. The highest BCUT2D eigenvalue weighted by atomic mass is 15.1. The highest BCUT2D eigenvalue weighted by Gasteiger charge is 2.13. The molecule has 0 amide bonds. The summed E-state index contributed by atoms with van der Waals surface area (Å²) in [6.07, 6.45) is 2.64. The van der Waals surface area contributed by atoms with Crippen LogP contribution in [0.1, 0.15) is 23.9 Å². The smallest absolute Gasteiger partial charge is 0.142 e. The minimum Gasteiger partial charge on any atom is -0.328 e.